The van der Waals surface area contributed by atoms with Crippen molar-refractivity contribution < 1.29 is 28.5 Å². The number of hydrogen-bond acceptors (Lipinski definition) is 6. The zero-order valence-corrected chi connectivity index (χ0v) is 28.4. The van der Waals surface area contributed by atoms with Crippen LogP contribution in [0.3, 0.4) is 0 Å². The van der Waals surface area contributed by atoms with Crippen molar-refractivity contribution in [2.75, 3.05) is 13.2 Å². The predicted octanol–water partition coefficient (Wildman–Crippen LogP) is 9.55. The van der Waals surface area contributed by atoms with E-state index in [2.05, 4.69) is 39.0 Å². The molecule has 6 heteroatoms. The minimum Gasteiger partial charge on any atom is -0.488 e. The van der Waals surface area contributed by atoms with Crippen LogP contribution in [0.4, 0.5) is 0 Å². The molecule has 0 aliphatic rings. The van der Waals surface area contributed by atoms with Gasteiger partial charge in [0.05, 0.1) is 11.1 Å². The van der Waals surface area contributed by atoms with Crippen molar-refractivity contribution in [2.45, 2.75) is 72.5 Å². The maximum Gasteiger partial charge on any atom is 0.338 e. The predicted molar refractivity (Wildman–Crippen MR) is 188 cm³/mol. The highest BCUT2D eigenvalue weighted by atomic mass is 16.6. The normalized spacial score (nSPS) is 12.8. The third-order valence-corrected chi connectivity index (χ3v) is 8.71. The molecule has 0 fully saturated rings. The lowest BCUT2D eigenvalue weighted by molar-refractivity contribution is 0.0221. The Morgan fingerprint density at radius 1 is 0.617 bits per heavy atom. The van der Waals surface area contributed by atoms with E-state index in [9.17, 15) is 9.59 Å². The second kappa shape index (κ2) is 14.3. The van der Waals surface area contributed by atoms with Crippen molar-refractivity contribution in [1.82, 2.24) is 0 Å². The monoisotopic (exact) mass is 632 g/mol. The Morgan fingerprint density at radius 2 is 1.04 bits per heavy atom. The maximum atomic E-state index is 12.8. The number of fused-ring (bicyclic) bond motifs is 2. The fourth-order valence-corrected chi connectivity index (χ4v) is 5.39. The quantitative estimate of drug-likeness (QED) is 0.101. The minimum atomic E-state index is -0.493. The number of carbonyl (C=O) groups is 2. The van der Waals surface area contributed by atoms with E-state index < -0.39 is 12.2 Å². The summed E-state index contributed by atoms with van der Waals surface area (Å²) in [6.07, 6.45) is -0.0228. The first-order valence-corrected chi connectivity index (χ1v) is 16.3. The molecule has 0 spiro atoms. The second-order valence-electron chi connectivity index (χ2n) is 13.0. The summed E-state index contributed by atoms with van der Waals surface area (Å²) in [6, 6.07) is 29.0. The van der Waals surface area contributed by atoms with E-state index in [1.54, 1.807) is 24.3 Å². The van der Waals surface area contributed by atoms with Crippen molar-refractivity contribution >= 4 is 33.5 Å². The van der Waals surface area contributed by atoms with Crippen LogP contribution in [0.5, 0.6) is 11.5 Å². The van der Waals surface area contributed by atoms with Crippen molar-refractivity contribution in [3.63, 3.8) is 0 Å². The van der Waals surface area contributed by atoms with Gasteiger partial charge in [-0.05, 0) is 75.4 Å². The zero-order chi connectivity index (χ0) is 33.7. The van der Waals surface area contributed by atoms with Crippen LogP contribution >= 0.6 is 0 Å². The van der Waals surface area contributed by atoms with Crippen molar-refractivity contribution in [3.05, 3.63) is 119 Å². The summed E-state index contributed by atoms with van der Waals surface area (Å²) in [7, 11) is 0. The van der Waals surface area contributed by atoms with Gasteiger partial charge >= 0.3 is 11.9 Å². The molecule has 0 saturated heterocycles. The van der Waals surface area contributed by atoms with Crippen LogP contribution in [0, 0.1) is 13.8 Å². The van der Waals surface area contributed by atoms with Crippen molar-refractivity contribution in [1.29, 1.82) is 0 Å². The second-order valence-corrected chi connectivity index (χ2v) is 13.0. The minimum absolute atomic E-state index is 0.0618. The van der Waals surface area contributed by atoms with Crippen molar-refractivity contribution in [2.24, 2.45) is 0 Å². The molecule has 5 aromatic rings. The summed E-state index contributed by atoms with van der Waals surface area (Å²) in [5.74, 6) is 0.626. The van der Waals surface area contributed by atoms with E-state index in [0.717, 1.165) is 39.1 Å². The van der Waals surface area contributed by atoms with Crippen LogP contribution in [-0.4, -0.2) is 37.4 Å². The number of aryl methyl sites for hydroxylation is 2. The first-order chi connectivity index (χ1) is 22.5. The Morgan fingerprint density at radius 3 is 1.49 bits per heavy atom. The molecule has 2 unspecified atom stereocenters. The fourth-order valence-electron chi connectivity index (χ4n) is 5.39. The Bertz CT molecular complexity index is 1870. The third-order valence-electron chi connectivity index (χ3n) is 8.71. The van der Waals surface area contributed by atoms with Crippen molar-refractivity contribution in [3.8, 4) is 11.5 Å². The molecule has 0 saturated carbocycles. The first kappa shape index (κ1) is 33.5. The topological polar surface area (TPSA) is 71.1 Å². The Balaban J connectivity index is 1.45. The van der Waals surface area contributed by atoms with E-state index in [1.807, 2.05) is 76.2 Å². The van der Waals surface area contributed by atoms with Crippen LogP contribution in [-0.2, 0) is 14.9 Å². The molecule has 0 aromatic heterocycles. The maximum absolute atomic E-state index is 12.8. The smallest absolute Gasteiger partial charge is 0.338 e. The summed E-state index contributed by atoms with van der Waals surface area (Å²) in [5, 5.41) is 3.54. The van der Waals surface area contributed by atoms with E-state index >= 15 is 0 Å². The zero-order valence-electron chi connectivity index (χ0n) is 28.4. The largest absolute Gasteiger partial charge is 0.488 e. The molecule has 0 aliphatic carbocycles. The molecule has 0 amide bonds. The summed E-state index contributed by atoms with van der Waals surface area (Å²) in [6.45, 7) is 14.6. The molecule has 244 valence electrons. The van der Waals surface area contributed by atoms with Gasteiger partial charge in [-0.2, -0.15) is 0 Å². The molecule has 0 heterocycles. The first-order valence-electron chi connectivity index (χ1n) is 16.3. The summed E-state index contributed by atoms with van der Waals surface area (Å²) in [4.78, 5) is 25.6. The molecule has 5 aromatic carbocycles. The average molecular weight is 633 g/mol. The lowest BCUT2D eigenvalue weighted by atomic mass is 9.81. The number of rotatable bonds is 12. The molecule has 5 rings (SSSR count). The van der Waals surface area contributed by atoms with Gasteiger partial charge in [0, 0.05) is 21.5 Å². The lowest BCUT2D eigenvalue weighted by Gasteiger charge is -2.26. The number of benzene rings is 5. The highest BCUT2D eigenvalue weighted by Crippen LogP contribution is 2.44. The van der Waals surface area contributed by atoms with Crippen LogP contribution in [0.25, 0.3) is 21.5 Å². The molecule has 0 radical (unpaired) electrons. The van der Waals surface area contributed by atoms with Gasteiger partial charge in [0.1, 0.15) is 36.9 Å². The van der Waals surface area contributed by atoms with Gasteiger partial charge in [0.15, 0.2) is 0 Å². The Hall–Kier alpha value is -4.84. The average Bonchev–Trinajstić information content (AvgIpc) is 3.06. The number of carbonyl (C=O) groups excluding carboxylic acids is 2. The summed E-state index contributed by atoms with van der Waals surface area (Å²) >= 11 is 0. The summed E-state index contributed by atoms with van der Waals surface area (Å²) in [5.41, 5.74) is 4.28. The molecule has 0 N–H and O–H groups in total. The van der Waals surface area contributed by atoms with Crippen LogP contribution in [0.2, 0.25) is 0 Å². The van der Waals surface area contributed by atoms with Gasteiger partial charge in [-0.15, -0.1) is 0 Å². The number of ether oxygens (including phenoxy) is 4. The van der Waals surface area contributed by atoms with Crippen LogP contribution in [0.1, 0.15) is 78.4 Å². The highest BCUT2D eigenvalue weighted by molar-refractivity contribution is 6.11. The molecule has 0 bridgehead atoms. The Kier molecular flexibility index (Phi) is 10.2. The van der Waals surface area contributed by atoms with E-state index in [0.29, 0.717) is 22.6 Å². The number of hydrogen-bond donors (Lipinski definition) is 0. The SMILES string of the molecule is CCC(C)(C)c1ccc2c(OCC(C)OC(=O)c3ccc(C)cc3)c3ccccc3c(OCC(C)OC(=O)c3ccc(C)cc3)c2c1. The van der Waals surface area contributed by atoms with Gasteiger partial charge in [0.25, 0.3) is 0 Å². The molecule has 6 nitrogen and oxygen atoms in total. The molecular formula is C41H44O6. The van der Waals surface area contributed by atoms with Crippen LogP contribution in [0.15, 0.2) is 91.0 Å². The van der Waals surface area contributed by atoms with Gasteiger partial charge in [-0.3, -0.25) is 0 Å². The molecule has 47 heavy (non-hydrogen) atoms. The van der Waals surface area contributed by atoms with Gasteiger partial charge in [-0.1, -0.05) is 92.6 Å². The molecular weight excluding hydrogens is 588 g/mol. The standard InChI is InChI=1S/C41H44O6/c1-8-41(6,7)32-21-22-35-36(23-32)38(45-25-29(5)47-40(43)31-19-15-27(3)16-20-31)34-12-10-9-11-33(34)37(35)44-24-28(4)46-39(42)30-17-13-26(2)14-18-30/h9-23,28-29H,8,24-25H2,1-7H3. The van der Waals surface area contributed by atoms with Crippen LogP contribution < -0.4 is 9.47 Å². The van der Waals surface area contributed by atoms with E-state index in [4.69, 9.17) is 18.9 Å². The van der Waals surface area contributed by atoms with E-state index in [1.165, 1.54) is 5.56 Å². The third kappa shape index (κ3) is 7.76. The summed E-state index contributed by atoms with van der Waals surface area (Å²) < 4.78 is 24.5. The van der Waals surface area contributed by atoms with Gasteiger partial charge < -0.3 is 18.9 Å². The van der Waals surface area contributed by atoms with E-state index in [-0.39, 0.29) is 30.6 Å². The molecule has 2 atom stereocenters. The lowest BCUT2D eigenvalue weighted by Crippen LogP contribution is -2.23. The molecule has 0 aliphatic heterocycles. The fraction of sp³-hybridized carbons (Fsp3) is 0.317. The highest BCUT2D eigenvalue weighted by Gasteiger charge is 2.24. The Labute approximate surface area is 277 Å². The number of esters is 2. The van der Waals surface area contributed by atoms with Gasteiger partial charge in [0.2, 0.25) is 0 Å². The van der Waals surface area contributed by atoms with Gasteiger partial charge in [-0.25, -0.2) is 9.59 Å².